The number of amides is 2. The van der Waals surface area contributed by atoms with E-state index in [2.05, 4.69) is 20.8 Å². The molecule has 0 radical (unpaired) electrons. The second kappa shape index (κ2) is 7.07. The number of urea groups is 1. The lowest BCUT2D eigenvalue weighted by atomic mass is 10.3. The Hall–Kier alpha value is -2.09. The standard InChI is InChI=1S/C13H16FN5OS/c1-3-19-8-16-18-12(19)7-15-13(20)17-9-4-5-11(21-2)10(14)6-9/h4-6,8H,3,7H2,1-2H3,(H2,15,17,20). The van der Waals surface area contributed by atoms with E-state index in [1.54, 1.807) is 24.7 Å². The average Bonchev–Trinajstić information content (AvgIpc) is 2.93. The number of thioether (sulfide) groups is 1. The summed E-state index contributed by atoms with van der Waals surface area (Å²) < 4.78 is 15.4. The molecule has 0 atom stereocenters. The molecule has 1 aromatic heterocycles. The number of hydrogen-bond acceptors (Lipinski definition) is 4. The largest absolute Gasteiger partial charge is 0.331 e. The van der Waals surface area contributed by atoms with Gasteiger partial charge in [-0.15, -0.1) is 22.0 Å². The van der Waals surface area contributed by atoms with Crippen molar-refractivity contribution < 1.29 is 9.18 Å². The molecule has 0 bridgehead atoms. The Balaban J connectivity index is 1.91. The zero-order valence-electron chi connectivity index (χ0n) is 11.8. The van der Waals surface area contributed by atoms with Crippen LogP contribution in [0.2, 0.25) is 0 Å². The fraction of sp³-hybridized carbons (Fsp3) is 0.308. The van der Waals surface area contributed by atoms with Gasteiger partial charge >= 0.3 is 6.03 Å². The summed E-state index contributed by atoms with van der Waals surface area (Å²) in [5, 5.41) is 12.9. The van der Waals surface area contributed by atoms with Crippen molar-refractivity contribution in [1.82, 2.24) is 20.1 Å². The fourth-order valence-corrected chi connectivity index (χ4v) is 2.22. The Labute approximate surface area is 126 Å². The summed E-state index contributed by atoms with van der Waals surface area (Å²) in [4.78, 5) is 12.3. The number of halogens is 1. The molecule has 1 aromatic carbocycles. The minimum Gasteiger partial charge on any atom is -0.331 e. The molecule has 0 aliphatic carbocycles. The predicted octanol–water partition coefficient (Wildman–Crippen LogP) is 2.48. The van der Waals surface area contributed by atoms with E-state index in [9.17, 15) is 9.18 Å². The van der Waals surface area contributed by atoms with Gasteiger partial charge in [0.05, 0.1) is 6.54 Å². The Kier molecular flexibility index (Phi) is 5.15. The smallest absolute Gasteiger partial charge is 0.319 e. The molecule has 0 unspecified atom stereocenters. The first-order valence-corrected chi connectivity index (χ1v) is 7.61. The van der Waals surface area contributed by atoms with Crippen molar-refractivity contribution in [2.24, 2.45) is 0 Å². The number of hydrogen-bond donors (Lipinski definition) is 2. The maximum atomic E-state index is 13.6. The van der Waals surface area contributed by atoms with Gasteiger partial charge < -0.3 is 15.2 Å². The van der Waals surface area contributed by atoms with Gasteiger partial charge in [-0.05, 0) is 31.4 Å². The molecule has 0 saturated heterocycles. The van der Waals surface area contributed by atoms with Gasteiger partial charge in [0.1, 0.15) is 12.1 Å². The second-order valence-corrected chi connectivity index (χ2v) is 5.04. The SMILES string of the molecule is CCn1cnnc1CNC(=O)Nc1ccc(SC)c(F)c1. The van der Waals surface area contributed by atoms with Crippen molar-refractivity contribution in [2.75, 3.05) is 11.6 Å². The molecule has 0 spiro atoms. The topological polar surface area (TPSA) is 71.8 Å². The molecular formula is C13H16FN5OS. The average molecular weight is 309 g/mol. The van der Waals surface area contributed by atoms with E-state index in [0.29, 0.717) is 16.4 Å². The molecule has 2 amide bonds. The monoisotopic (exact) mass is 309 g/mol. The normalized spacial score (nSPS) is 10.4. The summed E-state index contributed by atoms with van der Waals surface area (Å²) in [6.45, 7) is 2.95. The molecule has 2 rings (SSSR count). The van der Waals surface area contributed by atoms with Crippen LogP contribution >= 0.6 is 11.8 Å². The van der Waals surface area contributed by atoms with E-state index in [-0.39, 0.29) is 12.4 Å². The Bertz CT molecular complexity index is 631. The maximum Gasteiger partial charge on any atom is 0.319 e. The first kappa shape index (κ1) is 15.3. The van der Waals surface area contributed by atoms with E-state index in [4.69, 9.17) is 0 Å². The van der Waals surface area contributed by atoms with Crippen LogP contribution in [0.4, 0.5) is 14.9 Å². The van der Waals surface area contributed by atoms with Crippen LogP contribution in [-0.4, -0.2) is 27.1 Å². The number of aryl methyl sites for hydroxylation is 1. The van der Waals surface area contributed by atoms with Crippen LogP contribution in [0.15, 0.2) is 29.4 Å². The molecular weight excluding hydrogens is 293 g/mol. The Morgan fingerprint density at radius 3 is 2.95 bits per heavy atom. The van der Waals surface area contributed by atoms with E-state index in [0.717, 1.165) is 6.54 Å². The third-order valence-electron chi connectivity index (χ3n) is 2.85. The summed E-state index contributed by atoms with van der Waals surface area (Å²) in [6, 6.07) is 4.16. The van der Waals surface area contributed by atoms with Crippen LogP contribution in [0.3, 0.4) is 0 Å². The van der Waals surface area contributed by atoms with Gasteiger partial charge in [-0.1, -0.05) is 0 Å². The maximum absolute atomic E-state index is 13.6. The zero-order chi connectivity index (χ0) is 15.2. The highest BCUT2D eigenvalue weighted by atomic mass is 32.2. The lowest BCUT2D eigenvalue weighted by molar-refractivity contribution is 0.251. The molecule has 2 N–H and O–H groups in total. The highest BCUT2D eigenvalue weighted by molar-refractivity contribution is 7.98. The first-order valence-electron chi connectivity index (χ1n) is 6.39. The zero-order valence-corrected chi connectivity index (χ0v) is 12.6. The molecule has 0 aliphatic heterocycles. The van der Waals surface area contributed by atoms with Gasteiger partial charge in [0, 0.05) is 17.1 Å². The van der Waals surface area contributed by atoms with Crippen LogP contribution in [0.1, 0.15) is 12.7 Å². The fourth-order valence-electron chi connectivity index (χ4n) is 1.76. The van der Waals surface area contributed by atoms with Crippen molar-refractivity contribution in [3.63, 3.8) is 0 Å². The van der Waals surface area contributed by atoms with Crippen LogP contribution in [0.25, 0.3) is 0 Å². The summed E-state index contributed by atoms with van der Waals surface area (Å²) in [6.07, 6.45) is 3.40. The number of rotatable bonds is 5. The molecule has 2 aromatic rings. The summed E-state index contributed by atoms with van der Waals surface area (Å²) in [5.41, 5.74) is 0.403. The van der Waals surface area contributed by atoms with E-state index < -0.39 is 6.03 Å². The van der Waals surface area contributed by atoms with Gasteiger partial charge in [0.25, 0.3) is 0 Å². The van der Waals surface area contributed by atoms with Crippen LogP contribution in [0, 0.1) is 5.82 Å². The number of nitrogens with zero attached hydrogens (tertiary/aromatic N) is 3. The lowest BCUT2D eigenvalue weighted by Gasteiger charge is -2.09. The van der Waals surface area contributed by atoms with Gasteiger partial charge in [0.15, 0.2) is 5.82 Å². The summed E-state index contributed by atoms with van der Waals surface area (Å²) >= 11 is 1.31. The van der Waals surface area contributed by atoms with Crippen molar-refractivity contribution in [3.8, 4) is 0 Å². The Morgan fingerprint density at radius 2 is 2.29 bits per heavy atom. The number of anilines is 1. The Morgan fingerprint density at radius 1 is 1.48 bits per heavy atom. The third kappa shape index (κ3) is 3.94. The van der Waals surface area contributed by atoms with Gasteiger partial charge in [-0.25, -0.2) is 9.18 Å². The quantitative estimate of drug-likeness (QED) is 0.832. The van der Waals surface area contributed by atoms with E-state index >= 15 is 0 Å². The second-order valence-electron chi connectivity index (χ2n) is 4.19. The molecule has 0 saturated carbocycles. The van der Waals surface area contributed by atoms with Gasteiger partial charge in [-0.2, -0.15) is 0 Å². The number of carbonyl (C=O) groups is 1. The molecule has 8 heteroatoms. The molecule has 0 aliphatic rings. The van der Waals surface area contributed by atoms with Crippen molar-refractivity contribution in [1.29, 1.82) is 0 Å². The third-order valence-corrected chi connectivity index (χ3v) is 3.62. The van der Waals surface area contributed by atoms with Crippen LogP contribution in [-0.2, 0) is 13.1 Å². The number of benzene rings is 1. The highest BCUT2D eigenvalue weighted by Gasteiger charge is 2.08. The highest BCUT2D eigenvalue weighted by Crippen LogP contribution is 2.22. The molecule has 1 heterocycles. The number of aromatic nitrogens is 3. The van der Waals surface area contributed by atoms with Crippen molar-refractivity contribution >= 4 is 23.5 Å². The van der Waals surface area contributed by atoms with Gasteiger partial charge in [-0.3, -0.25) is 0 Å². The van der Waals surface area contributed by atoms with Crippen LogP contribution in [0.5, 0.6) is 0 Å². The van der Waals surface area contributed by atoms with E-state index in [1.807, 2.05) is 11.5 Å². The summed E-state index contributed by atoms with van der Waals surface area (Å²) in [5.74, 6) is 0.308. The van der Waals surface area contributed by atoms with E-state index in [1.165, 1.54) is 17.8 Å². The molecule has 112 valence electrons. The minimum atomic E-state index is -0.419. The van der Waals surface area contributed by atoms with Crippen molar-refractivity contribution in [2.45, 2.75) is 24.9 Å². The lowest BCUT2D eigenvalue weighted by Crippen LogP contribution is -2.29. The minimum absolute atomic E-state index is 0.255. The first-order chi connectivity index (χ1) is 10.1. The van der Waals surface area contributed by atoms with Gasteiger partial charge in [0.2, 0.25) is 0 Å². The number of nitrogens with one attached hydrogen (secondary N) is 2. The predicted molar refractivity (Wildman–Crippen MR) is 79.7 cm³/mol. The number of carbonyl (C=O) groups excluding carboxylic acids is 1. The molecule has 6 nitrogen and oxygen atoms in total. The van der Waals surface area contributed by atoms with Crippen LogP contribution < -0.4 is 10.6 Å². The molecule has 0 fully saturated rings. The summed E-state index contributed by atoms with van der Waals surface area (Å²) in [7, 11) is 0. The van der Waals surface area contributed by atoms with Crippen molar-refractivity contribution in [3.05, 3.63) is 36.2 Å². The molecule has 21 heavy (non-hydrogen) atoms.